The maximum atomic E-state index is 11.9. The molecule has 0 aliphatic carbocycles. The predicted octanol–water partition coefficient (Wildman–Crippen LogP) is 3.26. The number of nitrogens with zero attached hydrogens (tertiary/aromatic N) is 1. The van der Waals surface area contributed by atoms with E-state index in [1.807, 2.05) is 0 Å². The number of hydrazine groups is 1. The number of hydrogen-bond acceptors (Lipinski definition) is 5. The number of rotatable bonds is 3. The minimum absolute atomic E-state index is 0.0579. The van der Waals surface area contributed by atoms with E-state index in [0.717, 1.165) is 9.85 Å². The highest BCUT2D eigenvalue weighted by Gasteiger charge is 2.16. The first-order valence-electron chi connectivity index (χ1n) is 5.68. The second-order valence-corrected chi connectivity index (χ2v) is 7.25. The number of amides is 2. The smallest absolute Gasteiger partial charge is 0.267 e. The normalized spacial score (nSPS) is 10.1. The summed E-state index contributed by atoms with van der Waals surface area (Å²) in [5.41, 5.74) is 4.27. The molecule has 0 saturated carbocycles. The molecular weight excluding hydrogens is 442 g/mol. The molecule has 0 aliphatic rings. The third-order valence-electron chi connectivity index (χ3n) is 2.49. The number of carbonyl (C=O) groups is 2. The van der Waals surface area contributed by atoms with Crippen LogP contribution in [-0.4, -0.2) is 16.7 Å². The summed E-state index contributed by atoms with van der Waals surface area (Å²) in [6.07, 6.45) is 0. The summed E-state index contributed by atoms with van der Waals surface area (Å²) >= 11 is 7.47. The zero-order valence-electron chi connectivity index (χ0n) is 10.6. The lowest BCUT2D eigenvalue weighted by Gasteiger charge is -2.06. The second-order valence-electron chi connectivity index (χ2n) is 3.94. The van der Waals surface area contributed by atoms with Gasteiger partial charge in [-0.1, -0.05) is 0 Å². The number of nitro benzene ring substituents is 1. The predicted molar refractivity (Wildman–Crippen MR) is 87.7 cm³/mol. The molecule has 10 heteroatoms. The fraction of sp³-hybridized carbons (Fsp3) is 0. The van der Waals surface area contributed by atoms with Crippen LogP contribution in [0.15, 0.2) is 38.6 Å². The SMILES string of the molecule is O=C(NNC(=O)c1ccc(Br)s1)c1ccc(Br)c([N+](=O)[O-])c1. The van der Waals surface area contributed by atoms with Crippen LogP contribution in [0.1, 0.15) is 20.0 Å². The number of carbonyl (C=O) groups excluding carboxylic acids is 2. The summed E-state index contributed by atoms with van der Waals surface area (Å²) in [4.78, 5) is 34.3. The van der Waals surface area contributed by atoms with Gasteiger partial charge in [-0.05, 0) is 56.1 Å². The standard InChI is InChI=1S/C12H7Br2N3O4S/c13-7-2-1-6(5-8(7)17(20)21)11(18)15-16-12(19)9-3-4-10(14)22-9/h1-5H,(H,15,18)(H,16,19). The summed E-state index contributed by atoms with van der Waals surface area (Å²) in [6.45, 7) is 0. The summed E-state index contributed by atoms with van der Waals surface area (Å²) < 4.78 is 1.05. The molecule has 1 aromatic heterocycles. The van der Waals surface area contributed by atoms with Crippen molar-refractivity contribution in [2.75, 3.05) is 0 Å². The van der Waals surface area contributed by atoms with Gasteiger partial charge in [-0.15, -0.1) is 11.3 Å². The number of halogens is 2. The molecule has 22 heavy (non-hydrogen) atoms. The Balaban J connectivity index is 2.05. The molecule has 2 rings (SSSR count). The van der Waals surface area contributed by atoms with Gasteiger partial charge in [0.15, 0.2) is 0 Å². The van der Waals surface area contributed by atoms with Gasteiger partial charge in [0, 0.05) is 11.6 Å². The van der Waals surface area contributed by atoms with Gasteiger partial charge in [-0.25, -0.2) is 0 Å². The van der Waals surface area contributed by atoms with E-state index in [9.17, 15) is 19.7 Å². The Hall–Kier alpha value is -1.78. The van der Waals surface area contributed by atoms with E-state index < -0.39 is 16.7 Å². The van der Waals surface area contributed by atoms with Gasteiger partial charge in [-0.2, -0.15) is 0 Å². The molecule has 0 atom stereocenters. The Kier molecular flexibility index (Phi) is 5.27. The molecule has 2 amide bonds. The molecule has 1 aromatic carbocycles. The Labute approximate surface area is 145 Å². The Morgan fingerprint density at radius 1 is 1.09 bits per heavy atom. The first-order valence-corrected chi connectivity index (χ1v) is 8.08. The monoisotopic (exact) mass is 447 g/mol. The van der Waals surface area contributed by atoms with Crippen molar-refractivity contribution in [2.24, 2.45) is 0 Å². The van der Waals surface area contributed by atoms with Gasteiger partial charge < -0.3 is 0 Å². The zero-order chi connectivity index (χ0) is 16.3. The van der Waals surface area contributed by atoms with Gasteiger partial charge in [0.1, 0.15) is 0 Å². The van der Waals surface area contributed by atoms with Gasteiger partial charge in [0.05, 0.1) is 18.1 Å². The lowest BCUT2D eigenvalue weighted by molar-refractivity contribution is -0.385. The molecule has 0 saturated heterocycles. The summed E-state index contributed by atoms with van der Waals surface area (Å²) in [5, 5.41) is 10.8. The first-order chi connectivity index (χ1) is 10.4. The van der Waals surface area contributed by atoms with Crippen LogP contribution in [0.3, 0.4) is 0 Å². The van der Waals surface area contributed by atoms with Crippen LogP contribution < -0.4 is 10.9 Å². The van der Waals surface area contributed by atoms with Gasteiger partial charge in [-0.3, -0.25) is 30.6 Å². The van der Waals surface area contributed by atoms with E-state index >= 15 is 0 Å². The number of thiophene rings is 1. The number of benzene rings is 1. The lowest BCUT2D eigenvalue weighted by atomic mass is 10.2. The highest BCUT2D eigenvalue weighted by atomic mass is 79.9. The highest BCUT2D eigenvalue weighted by molar-refractivity contribution is 9.11. The third kappa shape index (κ3) is 3.90. The van der Waals surface area contributed by atoms with Crippen LogP contribution in [0.25, 0.3) is 0 Å². The van der Waals surface area contributed by atoms with Crippen LogP contribution in [0.5, 0.6) is 0 Å². The van der Waals surface area contributed by atoms with E-state index in [-0.39, 0.29) is 15.7 Å². The van der Waals surface area contributed by atoms with E-state index in [2.05, 4.69) is 42.7 Å². The average molecular weight is 449 g/mol. The van der Waals surface area contributed by atoms with Gasteiger partial charge in [0.25, 0.3) is 17.5 Å². The van der Waals surface area contributed by atoms with Crippen molar-refractivity contribution < 1.29 is 14.5 Å². The topological polar surface area (TPSA) is 101 Å². The molecule has 0 radical (unpaired) electrons. The van der Waals surface area contributed by atoms with Crippen molar-refractivity contribution in [3.63, 3.8) is 0 Å². The molecule has 1 heterocycles. The molecule has 0 fully saturated rings. The van der Waals surface area contributed by atoms with Crippen molar-refractivity contribution in [2.45, 2.75) is 0 Å². The molecule has 0 bridgehead atoms. The summed E-state index contributed by atoms with van der Waals surface area (Å²) in [5.74, 6) is -1.13. The van der Waals surface area contributed by atoms with Gasteiger partial charge in [0.2, 0.25) is 0 Å². The van der Waals surface area contributed by atoms with Crippen molar-refractivity contribution in [3.05, 3.63) is 59.1 Å². The molecule has 0 unspecified atom stereocenters. The molecule has 2 aromatic rings. The fourth-order valence-electron chi connectivity index (χ4n) is 1.48. The Morgan fingerprint density at radius 2 is 1.77 bits per heavy atom. The van der Waals surface area contributed by atoms with Crippen LogP contribution in [0, 0.1) is 10.1 Å². The number of hydrogen-bond donors (Lipinski definition) is 2. The van der Waals surface area contributed by atoms with Crippen LogP contribution in [0.2, 0.25) is 0 Å². The van der Waals surface area contributed by atoms with Crippen LogP contribution >= 0.6 is 43.2 Å². The lowest BCUT2D eigenvalue weighted by Crippen LogP contribution is -2.41. The van der Waals surface area contributed by atoms with E-state index in [0.29, 0.717) is 4.88 Å². The second kappa shape index (κ2) is 6.99. The maximum Gasteiger partial charge on any atom is 0.284 e. The van der Waals surface area contributed by atoms with Crippen molar-refractivity contribution in [1.82, 2.24) is 10.9 Å². The summed E-state index contributed by atoms with van der Waals surface area (Å²) in [7, 11) is 0. The molecule has 0 aliphatic heterocycles. The fourth-order valence-corrected chi connectivity index (χ4v) is 3.15. The molecule has 114 valence electrons. The van der Waals surface area contributed by atoms with E-state index in [1.54, 1.807) is 12.1 Å². The molecule has 0 spiro atoms. The van der Waals surface area contributed by atoms with Gasteiger partial charge >= 0.3 is 0 Å². The molecular formula is C12H7Br2N3O4S. The molecule has 2 N–H and O–H groups in total. The largest absolute Gasteiger partial charge is 0.284 e. The Morgan fingerprint density at radius 3 is 2.36 bits per heavy atom. The Bertz CT molecular complexity index is 763. The zero-order valence-corrected chi connectivity index (χ0v) is 14.6. The number of nitrogens with one attached hydrogen (secondary N) is 2. The van der Waals surface area contributed by atoms with Crippen LogP contribution in [-0.2, 0) is 0 Å². The quantitative estimate of drug-likeness (QED) is 0.555. The molecule has 7 nitrogen and oxygen atoms in total. The minimum atomic E-state index is -0.653. The minimum Gasteiger partial charge on any atom is -0.267 e. The van der Waals surface area contributed by atoms with E-state index in [1.165, 1.54) is 23.5 Å². The van der Waals surface area contributed by atoms with Crippen molar-refractivity contribution >= 4 is 60.7 Å². The maximum absolute atomic E-state index is 11.9. The highest BCUT2D eigenvalue weighted by Crippen LogP contribution is 2.25. The first kappa shape index (κ1) is 16.6. The summed E-state index contributed by atoms with van der Waals surface area (Å²) in [6, 6.07) is 7.22. The van der Waals surface area contributed by atoms with E-state index in [4.69, 9.17) is 0 Å². The number of nitro groups is 1. The third-order valence-corrected chi connectivity index (χ3v) is 4.78. The van der Waals surface area contributed by atoms with Crippen molar-refractivity contribution in [1.29, 1.82) is 0 Å². The van der Waals surface area contributed by atoms with Crippen LogP contribution in [0.4, 0.5) is 5.69 Å². The van der Waals surface area contributed by atoms with Crippen molar-refractivity contribution in [3.8, 4) is 0 Å². The average Bonchev–Trinajstić information content (AvgIpc) is 2.91.